The van der Waals surface area contributed by atoms with E-state index in [1.807, 2.05) is 39.2 Å². The molecule has 170 valence electrons. The fourth-order valence-corrected chi connectivity index (χ4v) is 4.83. The summed E-state index contributed by atoms with van der Waals surface area (Å²) >= 11 is 1.57. The maximum atomic E-state index is 13.0. The van der Waals surface area contributed by atoms with Crippen LogP contribution in [-0.2, 0) is 14.8 Å². The summed E-state index contributed by atoms with van der Waals surface area (Å²) in [5, 5.41) is 0. The van der Waals surface area contributed by atoms with Crippen LogP contribution in [0.1, 0.15) is 23.1 Å². The molecule has 0 aromatic heterocycles. The summed E-state index contributed by atoms with van der Waals surface area (Å²) < 4.78 is 34.0. The number of rotatable bonds is 11. The van der Waals surface area contributed by atoms with Crippen LogP contribution in [-0.4, -0.2) is 57.5 Å². The molecule has 0 heterocycles. The van der Waals surface area contributed by atoms with Gasteiger partial charge in [-0.15, -0.1) is 0 Å². The number of sulfonamides is 1. The summed E-state index contributed by atoms with van der Waals surface area (Å²) in [5.41, 5.74) is 3.20. The zero-order valence-corrected chi connectivity index (χ0v) is 20.5. The number of aryl methyl sites for hydroxylation is 3. The predicted molar refractivity (Wildman–Crippen MR) is 127 cm³/mol. The smallest absolute Gasteiger partial charge is 0.241 e. The zero-order valence-electron chi connectivity index (χ0n) is 18.8. The molecule has 6 nitrogen and oxygen atoms in total. The molecule has 0 aliphatic carbocycles. The van der Waals surface area contributed by atoms with Gasteiger partial charge in [-0.1, -0.05) is 23.8 Å². The molecule has 0 bridgehead atoms. The van der Waals surface area contributed by atoms with E-state index in [4.69, 9.17) is 4.74 Å². The van der Waals surface area contributed by atoms with Crippen molar-refractivity contribution in [2.24, 2.45) is 0 Å². The molecule has 0 saturated carbocycles. The standard InChI is InChI=1S/C23H32N2O4S2/c1-17-6-8-21(9-7-17)31(27,28)24-22(10-13-30-5)23(26)25(4)11-12-29-20-15-18(2)14-19(3)16-20/h6-9,14-16,22,24H,10-13H2,1-5H3. The van der Waals surface area contributed by atoms with E-state index in [9.17, 15) is 13.2 Å². The molecule has 1 amide bonds. The molecule has 8 heteroatoms. The van der Waals surface area contributed by atoms with Gasteiger partial charge in [0, 0.05) is 7.05 Å². The van der Waals surface area contributed by atoms with Gasteiger partial charge in [0.2, 0.25) is 15.9 Å². The molecular formula is C23H32N2O4S2. The van der Waals surface area contributed by atoms with Crippen LogP contribution in [0.5, 0.6) is 5.75 Å². The number of ether oxygens (including phenoxy) is 1. The number of nitrogens with one attached hydrogen (secondary N) is 1. The molecule has 0 aliphatic rings. The lowest BCUT2D eigenvalue weighted by Crippen LogP contribution is -2.48. The highest BCUT2D eigenvalue weighted by atomic mass is 32.2. The molecule has 2 rings (SSSR count). The molecule has 2 aromatic rings. The van der Waals surface area contributed by atoms with Crippen LogP contribution < -0.4 is 9.46 Å². The van der Waals surface area contributed by atoms with Crippen LogP contribution in [0.25, 0.3) is 0 Å². The minimum atomic E-state index is -3.80. The van der Waals surface area contributed by atoms with Crippen molar-refractivity contribution in [3.05, 3.63) is 59.2 Å². The fraction of sp³-hybridized carbons (Fsp3) is 0.435. The zero-order chi connectivity index (χ0) is 23.0. The highest BCUT2D eigenvalue weighted by molar-refractivity contribution is 7.98. The van der Waals surface area contributed by atoms with Gasteiger partial charge < -0.3 is 9.64 Å². The number of carbonyl (C=O) groups excluding carboxylic acids is 1. The Balaban J connectivity index is 2.02. The highest BCUT2D eigenvalue weighted by Crippen LogP contribution is 2.16. The van der Waals surface area contributed by atoms with Gasteiger partial charge >= 0.3 is 0 Å². The molecule has 0 aliphatic heterocycles. The van der Waals surface area contributed by atoms with Crippen LogP contribution >= 0.6 is 11.8 Å². The Morgan fingerprint density at radius 1 is 1.06 bits per heavy atom. The summed E-state index contributed by atoms with van der Waals surface area (Å²) in [4.78, 5) is 14.7. The molecule has 0 saturated heterocycles. The van der Waals surface area contributed by atoms with E-state index in [1.165, 1.54) is 4.90 Å². The molecule has 1 atom stereocenters. The molecule has 1 N–H and O–H groups in total. The number of hydrogen-bond acceptors (Lipinski definition) is 5. The number of hydrogen-bond donors (Lipinski definition) is 1. The maximum absolute atomic E-state index is 13.0. The first-order chi connectivity index (χ1) is 14.6. The van der Waals surface area contributed by atoms with E-state index in [2.05, 4.69) is 10.8 Å². The minimum absolute atomic E-state index is 0.154. The minimum Gasteiger partial charge on any atom is -0.492 e. The van der Waals surface area contributed by atoms with E-state index in [0.717, 1.165) is 22.4 Å². The van der Waals surface area contributed by atoms with Crippen molar-refractivity contribution in [3.8, 4) is 5.75 Å². The Kier molecular flexibility index (Phi) is 9.40. The molecule has 31 heavy (non-hydrogen) atoms. The second-order valence-electron chi connectivity index (χ2n) is 7.70. The first-order valence-corrected chi connectivity index (χ1v) is 13.0. The van der Waals surface area contributed by atoms with Gasteiger partial charge in [-0.05, 0) is 74.6 Å². The fourth-order valence-electron chi connectivity index (χ4n) is 3.13. The van der Waals surface area contributed by atoms with Gasteiger partial charge in [-0.3, -0.25) is 4.79 Å². The van der Waals surface area contributed by atoms with Crippen LogP contribution in [0.4, 0.5) is 0 Å². The van der Waals surface area contributed by atoms with Crippen LogP contribution in [0.15, 0.2) is 47.4 Å². The van der Waals surface area contributed by atoms with Gasteiger partial charge in [0.1, 0.15) is 18.4 Å². The third-order valence-electron chi connectivity index (χ3n) is 4.80. The summed E-state index contributed by atoms with van der Waals surface area (Å²) in [6, 6.07) is 11.7. The SMILES string of the molecule is CSCCC(NS(=O)(=O)c1ccc(C)cc1)C(=O)N(C)CCOc1cc(C)cc(C)c1. The Morgan fingerprint density at radius 3 is 2.26 bits per heavy atom. The average molecular weight is 465 g/mol. The van der Waals surface area contributed by atoms with Gasteiger partial charge in [-0.2, -0.15) is 16.5 Å². The van der Waals surface area contributed by atoms with Gasteiger partial charge in [0.15, 0.2) is 0 Å². The molecule has 0 radical (unpaired) electrons. The van der Waals surface area contributed by atoms with Crippen molar-refractivity contribution in [2.45, 2.75) is 38.1 Å². The van der Waals surface area contributed by atoms with Crippen LogP contribution in [0, 0.1) is 20.8 Å². The van der Waals surface area contributed by atoms with Crippen molar-refractivity contribution in [1.29, 1.82) is 0 Å². The molecule has 1 unspecified atom stereocenters. The Bertz CT molecular complexity index is 955. The van der Waals surface area contributed by atoms with Gasteiger partial charge in [0.05, 0.1) is 11.4 Å². The topological polar surface area (TPSA) is 75.7 Å². The summed E-state index contributed by atoms with van der Waals surface area (Å²) in [6.07, 6.45) is 2.34. The van der Waals surface area contributed by atoms with Crippen molar-refractivity contribution in [3.63, 3.8) is 0 Å². The average Bonchev–Trinajstić information content (AvgIpc) is 2.70. The third-order valence-corrected chi connectivity index (χ3v) is 6.94. The molecule has 0 spiro atoms. The number of nitrogens with zero attached hydrogens (tertiary/aromatic N) is 1. The number of benzene rings is 2. The number of carbonyl (C=O) groups is 1. The number of thioether (sulfide) groups is 1. The number of amides is 1. The van der Waals surface area contributed by atoms with Crippen molar-refractivity contribution >= 4 is 27.7 Å². The van der Waals surface area contributed by atoms with E-state index in [1.54, 1.807) is 43.1 Å². The lowest BCUT2D eigenvalue weighted by molar-refractivity contribution is -0.132. The van der Waals surface area contributed by atoms with Crippen molar-refractivity contribution in [1.82, 2.24) is 9.62 Å². The second-order valence-corrected chi connectivity index (χ2v) is 10.4. The van der Waals surface area contributed by atoms with E-state index in [-0.39, 0.29) is 10.8 Å². The molecular weight excluding hydrogens is 432 g/mol. The maximum Gasteiger partial charge on any atom is 0.241 e. The Hall–Kier alpha value is -2.03. The lowest BCUT2D eigenvalue weighted by atomic mass is 10.1. The largest absolute Gasteiger partial charge is 0.492 e. The monoisotopic (exact) mass is 464 g/mol. The second kappa shape index (κ2) is 11.5. The quantitative estimate of drug-likeness (QED) is 0.550. The normalized spacial score (nSPS) is 12.4. The Labute approximate surface area is 190 Å². The summed E-state index contributed by atoms with van der Waals surface area (Å²) in [6.45, 7) is 6.58. The first-order valence-electron chi connectivity index (χ1n) is 10.2. The Morgan fingerprint density at radius 2 is 1.68 bits per heavy atom. The first kappa shape index (κ1) is 25.2. The van der Waals surface area contributed by atoms with Crippen LogP contribution in [0.2, 0.25) is 0 Å². The van der Waals surface area contributed by atoms with Crippen molar-refractivity contribution in [2.75, 3.05) is 32.2 Å². The summed E-state index contributed by atoms with van der Waals surface area (Å²) in [7, 11) is -2.13. The van der Waals surface area contributed by atoms with Crippen molar-refractivity contribution < 1.29 is 17.9 Å². The van der Waals surface area contributed by atoms with Crippen LogP contribution in [0.3, 0.4) is 0 Å². The summed E-state index contributed by atoms with van der Waals surface area (Å²) in [5.74, 6) is 1.16. The van der Waals surface area contributed by atoms with E-state index < -0.39 is 16.1 Å². The van der Waals surface area contributed by atoms with E-state index in [0.29, 0.717) is 25.3 Å². The molecule has 2 aromatic carbocycles. The number of likely N-dealkylation sites (N-methyl/N-ethyl adjacent to an activating group) is 1. The van der Waals surface area contributed by atoms with E-state index >= 15 is 0 Å². The highest BCUT2D eigenvalue weighted by Gasteiger charge is 2.27. The predicted octanol–water partition coefficient (Wildman–Crippen LogP) is 3.55. The third kappa shape index (κ3) is 7.87. The van der Waals surface area contributed by atoms with Gasteiger partial charge in [-0.25, -0.2) is 8.42 Å². The van der Waals surface area contributed by atoms with Gasteiger partial charge in [0.25, 0.3) is 0 Å². The molecule has 0 fully saturated rings. The lowest BCUT2D eigenvalue weighted by Gasteiger charge is -2.24.